The Bertz CT molecular complexity index is 759. The van der Waals surface area contributed by atoms with Gasteiger partial charge in [0, 0.05) is 32.7 Å². The van der Waals surface area contributed by atoms with Crippen LogP contribution in [0, 0.1) is 5.82 Å². The maximum atomic E-state index is 13.6. The van der Waals surface area contributed by atoms with Crippen LogP contribution in [0.15, 0.2) is 54.6 Å². The quantitative estimate of drug-likeness (QED) is 0.891. The zero-order valence-electron chi connectivity index (χ0n) is 14.5. The second kappa shape index (κ2) is 8.58. The summed E-state index contributed by atoms with van der Waals surface area (Å²) < 4.78 is 13.6. The van der Waals surface area contributed by atoms with Gasteiger partial charge in [-0.15, -0.1) is 0 Å². The van der Waals surface area contributed by atoms with Crippen LogP contribution in [0.5, 0.6) is 0 Å². The Hall–Kier alpha value is -2.73. The third-order valence-corrected chi connectivity index (χ3v) is 4.49. The number of rotatable bonds is 5. The topological polar surface area (TPSA) is 52.7 Å². The minimum Gasteiger partial charge on any atom is -0.343 e. The van der Waals surface area contributed by atoms with Gasteiger partial charge in [-0.2, -0.15) is 0 Å². The van der Waals surface area contributed by atoms with Crippen LogP contribution in [0.1, 0.15) is 15.9 Å². The highest BCUT2D eigenvalue weighted by Crippen LogP contribution is 2.09. The van der Waals surface area contributed by atoms with Gasteiger partial charge >= 0.3 is 0 Å². The highest BCUT2D eigenvalue weighted by Gasteiger charge is 2.21. The first-order valence-corrected chi connectivity index (χ1v) is 8.70. The number of hydrogen-bond acceptors (Lipinski definition) is 3. The second-order valence-corrected chi connectivity index (χ2v) is 6.31. The van der Waals surface area contributed by atoms with Crippen molar-refractivity contribution in [3.8, 4) is 0 Å². The molecule has 26 heavy (non-hydrogen) atoms. The van der Waals surface area contributed by atoms with E-state index in [0.29, 0.717) is 13.1 Å². The van der Waals surface area contributed by atoms with E-state index in [1.165, 1.54) is 23.8 Å². The number of carbonyl (C=O) groups is 2. The van der Waals surface area contributed by atoms with Crippen LogP contribution in [0.3, 0.4) is 0 Å². The number of nitrogens with zero attached hydrogens (tertiary/aromatic N) is 2. The summed E-state index contributed by atoms with van der Waals surface area (Å²) in [7, 11) is 0. The number of nitrogens with one attached hydrogen (secondary N) is 1. The van der Waals surface area contributed by atoms with E-state index in [1.807, 2.05) is 18.2 Å². The Morgan fingerprint density at radius 2 is 1.58 bits per heavy atom. The zero-order chi connectivity index (χ0) is 18.4. The van der Waals surface area contributed by atoms with E-state index < -0.39 is 11.7 Å². The molecule has 0 spiro atoms. The molecular weight excluding hydrogens is 333 g/mol. The third kappa shape index (κ3) is 4.67. The summed E-state index contributed by atoms with van der Waals surface area (Å²) in [6, 6.07) is 16.0. The number of piperazine rings is 1. The average molecular weight is 355 g/mol. The van der Waals surface area contributed by atoms with Crippen molar-refractivity contribution < 1.29 is 14.0 Å². The molecular formula is C20H22FN3O2. The first-order valence-electron chi connectivity index (χ1n) is 8.70. The van der Waals surface area contributed by atoms with E-state index in [1.54, 1.807) is 11.0 Å². The van der Waals surface area contributed by atoms with Crippen molar-refractivity contribution >= 4 is 11.8 Å². The Morgan fingerprint density at radius 1 is 0.923 bits per heavy atom. The van der Waals surface area contributed by atoms with Gasteiger partial charge in [0.25, 0.3) is 5.91 Å². The number of hydrogen-bond donors (Lipinski definition) is 1. The molecule has 0 radical (unpaired) electrons. The highest BCUT2D eigenvalue weighted by molar-refractivity contribution is 5.96. The van der Waals surface area contributed by atoms with Crippen molar-refractivity contribution in [3.63, 3.8) is 0 Å². The number of benzene rings is 2. The average Bonchev–Trinajstić information content (AvgIpc) is 2.67. The molecule has 6 heteroatoms. The lowest BCUT2D eigenvalue weighted by atomic mass is 10.2. The Balaban J connectivity index is 1.44. The van der Waals surface area contributed by atoms with Crippen LogP contribution in [-0.2, 0) is 11.3 Å². The van der Waals surface area contributed by atoms with E-state index in [2.05, 4.69) is 22.3 Å². The fourth-order valence-corrected chi connectivity index (χ4v) is 3.01. The standard InChI is InChI=1S/C20H22FN3O2/c21-18-9-5-4-8-17(18)20(26)22-14-19(25)24-12-10-23(11-13-24)15-16-6-2-1-3-7-16/h1-9H,10-15H2,(H,22,26). The molecule has 0 saturated carbocycles. The minimum absolute atomic E-state index is 0.0482. The summed E-state index contributed by atoms with van der Waals surface area (Å²) in [5.74, 6) is -1.31. The van der Waals surface area contributed by atoms with E-state index in [4.69, 9.17) is 0 Å². The predicted molar refractivity (Wildman–Crippen MR) is 97.0 cm³/mol. The van der Waals surface area contributed by atoms with Gasteiger partial charge in [0.05, 0.1) is 12.1 Å². The van der Waals surface area contributed by atoms with Crippen LogP contribution in [-0.4, -0.2) is 54.3 Å². The van der Waals surface area contributed by atoms with Crippen LogP contribution in [0.25, 0.3) is 0 Å². The first-order chi connectivity index (χ1) is 12.6. The molecule has 1 aliphatic heterocycles. The summed E-state index contributed by atoms with van der Waals surface area (Å²) in [4.78, 5) is 28.3. The van der Waals surface area contributed by atoms with E-state index >= 15 is 0 Å². The molecule has 2 aromatic rings. The monoisotopic (exact) mass is 355 g/mol. The Kier molecular flexibility index (Phi) is 5.96. The molecule has 5 nitrogen and oxygen atoms in total. The molecule has 1 aliphatic rings. The van der Waals surface area contributed by atoms with E-state index in [0.717, 1.165) is 19.6 Å². The molecule has 0 bridgehead atoms. The van der Waals surface area contributed by atoms with Gasteiger partial charge in [0.15, 0.2) is 0 Å². The molecule has 2 aromatic carbocycles. The van der Waals surface area contributed by atoms with Gasteiger partial charge in [0.2, 0.25) is 5.91 Å². The molecule has 1 N–H and O–H groups in total. The summed E-state index contributed by atoms with van der Waals surface area (Å²) in [6.45, 7) is 3.59. The van der Waals surface area contributed by atoms with Gasteiger partial charge in [-0.05, 0) is 17.7 Å². The molecule has 0 aliphatic carbocycles. The zero-order valence-corrected chi connectivity index (χ0v) is 14.5. The van der Waals surface area contributed by atoms with E-state index in [9.17, 15) is 14.0 Å². The van der Waals surface area contributed by atoms with E-state index in [-0.39, 0.29) is 18.0 Å². The summed E-state index contributed by atoms with van der Waals surface area (Å²) in [5, 5.41) is 2.50. The van der Waals surface area contributed by atoms with Crippen molar-refractivity contribution in [2.75, 3.05) is 32.7 Å². The molecule has 136 valence electrons. The van der Waals surface area contributed by atoms with Crippen molar-refractivity contribution in [2.24, 2.45) is 0 Å². The molecule has 0 unspecified atom stereocenters. The van der Waals surface area contributed by atoms with Crippen molar-refractivity contribution in [1.29, 1.82) is 0 Å². The molecule has 1 saturated heterocycles. The minimum atomic E-state index is -0.591. The first kappa shape index (κ1) is 18.1. The number of halogens is 1. The normalized spacial score (nSPS) is 14.9. The van der Waals surface area contributed by atoms with Gasteiger partial charge < -0.3 is 10.2 Å². The van der Waals surface area contributed by atoms with Gasteiger partial charge in [-0.25, -0.2) is 4.39 Å². The molecule has 3 rings (SSSR count). The number of amides is 2. The van der Waals surface area contributed by atoms with Gasteiger partial charge in [0.1, 0.15) is 5.82 Å². The lowest BCUT2D eigenvalue weighted by Gasteiger charge is -2.34. The van der Waals surface area contributed by atoms with Crippen molar-refractivity contribution in [2.45, 2.75) is 6.54 Å². The molecule has 1 heterocycles. The molecule has 0 aromatic heterocycles. The summed E-state index contributed by atoms with van der Waals surface area (Å²) in [6.07, 6.45) is 0. The lowest BCUT2D eigenvalue weighted by Crippen LogP contribution is -2.50. The fraction of sp³-hybridized carbons (Fsp3) is 0.300. The highest BCUT2D eigenvalue weighted by atomic mass is 19.1. The Morgan fingerprint density at radius 3 is 2.27 bits per heavy atom. The second-order valence-electron chi connectivity index (χ2n) is 6.31. The third-order valence-electron chi connectivity index (χ3n) is 4.49. The number of carbonyl (C=O) groups excluding carboxylic acids is 2. The summed E-state index contributed by atoms with van der Waals surface area (Å²) in [5.41, 5.74) is 1.21. The lowest BCUT2D eigenvalue weighted by molar-refractivity contribution is -0.131. The largest absolute Gasteiger partial charge is 0.343 e. The van der Waals surface area contributed by atoms with Crippen LogP contribution in [0.2, 0.25) is 0 Å². The van der Waals surface area contributed by atoms with Crippen molar-refractivity contribution in [3.05, 3.63) is 71.5 Å². The van der Waals surface area contributed by atoms with Gasteiger partial charge in [-0.1, -0.05) is 42.5 Å². The smallest absolute Gasteiger partial charge is 0.254 e. The molecule has 1 fully saturated rings. The summed E-state index contributed by atoms with van der Waals surface area (Å²) >= 11 is 0. The predicted octanol–water partition coefficient (Wildman–Crippen LogP) is 1.90. The maximum Gasteiger partial charge on any atom is 0.254 e. The van der Waals surface area contributed by atoms with Gasteiger partial charge in [-0.3, -0.25) is 14.5 Å². The molecule has 2 amide bonds. The van der Waals surface area contributed by atoms with Crippen molar-refractivity contribution in [1.82, 2.24) is 15.1 Å². The van der Waals surface area contributed by atoms with Crippen LogP contribution < -0.4 is 5.32 Å². The fourth-order valence-electron chi connectivity index (χ4n) is 3.01. The van der Waals surface area contributed by atoms with Crippen LogP contribution >= 0.6 is 0 Å². The van der Waals surface area contributed by atoms with Crippen LogP contribution in [0.4, 0.5) is 4.39 Å². The SMILES string of the molecule is O=C(NCC(=O)N1CCN(Cc2ccccc2)CC1)c1ccccc1F. The maximum absolute atomic E-state index is 13.6. The molecule has 0 atom stereocenters. The Labute approximate surface area is 152 Å².